The second-order valence-corrected chi connectivity index (χ2v) is 7.49. The molecule has 104 valence electrons. The first-order valence-electron chi connectivity index (χ1n) is 7.21. The van der Waals surface area contributed by atoms with Crippen LogP contribution in [0.2, 0.25) is 0 Å². The van der Waals surface area contributed by atoms with Crippen LogP contribution in [0.25, 0.3) is 0 Å². The van der Waals surface area contributed by atoms with Crippen LogP contribution in [0.4, 0.5) is 4.79 Å². The van der Waals surface area contributed by atoms with Crippen LogP contribution in [-0.2, 0) is 4.74 Å². The molecule has 0 aromatic heterocycles. The van der Waals surface area contributed by atoms with Gasteiger partial charge in [-0.2, -0.15) is 0 Å². The zero-order chi connectivity index (χ0) is 13.6. The fourth-order valence-electron chi connectivity index (χ4n) is 2.93. The SMILES string of the molecule is C[C@H]1CC[C@H](C2(C)CC2)N(C(=O)OC(C)(C)C)C1. The Labute approximate surface area is 111 Å². The number of carbonyl (C=O) groups excluding carboxylic acids is 1. The fraction of sp³-hybridized carbons (Fsp3) is 0.933. The van der Waals surface area contributed by atoms with Crippen molar-refractivity contribution in [3.8, 4) is 0 Å². The van der Waals surface area contributed by atoms with Crippen LogP contribution < -0.4 is 0 Å². The highest BCUT2D eigenvalue weighted by atomic mass is 16.6. The third-order valence-electron chi connectivity index (χ3n) is 4.29. The Morgan fingerprint density at radius 3 is 2.39 bits per heavy atom. The van der Waals surface area contributed by atoms with Crippen molar-refractivity contribution in [2.24, 2.45) is 11.3 Å². The van der Waals surface area contributed by atoms with Gasteiger partial charge in [0.25, 0.3) is 0 Å². The first-order valence-corrected chi connectivity index (χ1v) is 7.21. The highest BCUT2D eigenvalue weighted by molar-refractivity contribution is 5.69. The Hall–Kier alpha value is -0.730. The molecule has 18 heavy (non-hydrogen) atoms. The van der Waals surface area contributed by atoms with Gasteiger partial charge in [-0.3, -0.25) is 0 Å². The molecule has 2 atom stereocenters. The normalized spacial score (nSPS) is 31.1. The predicted molar refractivity (Wildman–Crippen MR) is 72.5 cm³/mol. The summed E-state index contributed by atoms with van der Waals surface area (Å²) in [4.78, 5) is 14.4. The Bertz CT molecular complexity index is 328. The number of ether oxygens (including phenoxy) is 1. The van der Waals surface area contributed by atoms with Gasteiger partial charge in [0, 0.05) is 12.6 Å². The van der Waals surface area contributed by atoms with Gasteiger partial charge in [-0.1, -0.05) is 13.8 Å². The molecule has 1 saturated heterocycles. The number of hydrogen-bond donors (Lipinski definition) is 0. The topological polar surface area (TPSA) is 29.5 Å². The molecule has 2 fully saturated rings. The number of hydrogen-bond acceptors (Lipinski definition) is 2. The lowest BCUT2D eigenvalue weighted by Crippen LogP contribution is -2.51. The molecule has 0 unspecified atom stereocenters. The maximum Gasteiger partial charge on any atom is 0.410 e. The summed E-state index contributed by atoms with van der Waals surface area (Å²) in [6, 6.07) is 0.392. The zero-order valence-corrected chi connectivity index (χ0v) is 12.5. The van der Waals surface area contributed by atoms with Crippen molar-refractivity contribution in [3.63, 3.8) is 0 Å². The number of piperidine rings is 1. The molecule has 1 heterocycles. The van der Waals surface area contributed by atoms with Crippen molar-refractivity contribution in [1.82, 2.24) is 4.90 Å². The van der Waals surface area contributed by atoms with Gasteiger partial charge in [0.05, 0.1) is 0 Å². The van der Waals surface area contributed by atoms with Crippen molar-refractivity contribution < 1.29 is 9.53 Å². The van der Waals surface area contributed by atoms with Crippen LogP contribution in [0.15, 0.2) is 0 Å². The first-order chi connectivity index (χ1) is 8.21. The molecule has 1 aliphatic carbocycles. The highest BCUT2D eigenvalue weighted by Gasteiger charge is 2.50. The summed E-state index contributed by atoms with van der Waals surface area (Å²) >= 11 is 0. The van der Waals surface area contributed by atoms with Crippen LogP contribution >= 0.6 is 0 Å². The third kappa shape index (κ3) is 2.99. The molecule has 0 radical (unpaired) electrons. The van der Waals surface area contributed by atoms with E-state index in [-0.39, 0.29) is 6.09 Å². The lowest BCUT2D eigenvalue weighted by Gasteiger charge is -2.42. The quantitative estimate of drug-likeness (QED) is 0.711. The maximum atomic E-state index is 12.3. The molecule has 3 nitrogen and oxygen atoms in total. The van der Waals surface area contributed by atoms with E-state index in [9.17, 15) is 4.79 Å². The van der Waals surface area contributed by atoms with Gasteiger partial charge in [-0.25, -0.2) is 4.79 Å². The molecule has 0 N–H and O–H groups in total. The number of nitrogens with zero attached hydrogens (tertiary/aromatic N) is 1. The van der Waals surface area contributed by atoms with Gasteiger partial charge in [-0.05, 0) is 57.8 Å². The minimum Gasteiger partial charge on any atom is -0.444 e. The third-order valence-corrected chi connectivity index (χ3v) is 4.29. The summed E-state index contributed by atoms with van der Waals surface area (Å²) in [5.74, 6) is 0.594. The molecule has 0 aromatic rings. The van der Waals surface area contributed by atoms with Crippen LogP contribution in [0.1, 0.15) is 60.3 Å². The Kier molecular flexibility index (Phi) is 3.37. The second kappa shape index (κ2) is 4.43. The minimum atomic E-state index is -0.396. The summed E-state index contributed by atoms with van der Waals surface area (Å²) in [5, 5.41) is 0. The van der Waals surface area contributed by atoms with Crippen LogP contribution in [-0.4, -0.2) is 29.2 Å². The minimum absolute atomic E-state index is 0.118. The molecule has 0 spiro atoms. The van der Waals surface area contributed by atoms with Crippen LogP contribution in [0, 0.1) is 11.3 Å². The van der Waals surface area contributed by atoms with E-state index >= 15 is 0 Å². The van der Waals surface area contributed by atoms with E-state index in [1.807, 2.05) is 25.7 Å². The van der Waals surface area contributed by atoms with Gasteiger partial charge in [0.15, 0.2) is 0 Å². The van der Waals surface area contributed by atoms with Gasteiger partial charge in [0.1, 0.15) is 5.60 Å². The zero-order valence-electron chi connectivity index (χ0n) is 12.5. The largest absolute Gasteiger partial charge is 0.444 e. The lowest BCUT2D eigenvalue weighted by atomic mass is 9.85. The van der Waals surface area contributed by atoms with Gasteiger partial charge in [-0.15, -0.1) is 0 Å². The monoisotopic (exact) mass is 253 g/mol. The molecule has 2 rings (SSSR count). The number of amides is 1. The van der Waals surface area contributed by atoms with Crippen molar-refractivity contribution in [2.75, 3.05) is 6.54 Å². The molecule has 1 aliphatic heterocycles. The summed E-state index contributed by atoms with van der Waals surface area (Å²) in [7, 11) is 0. The van der Waals surface area contributed by atoms with E-state index in [0.717, 1.165) is 13.0 Å². The van der Waals surface area contributed by atoms with E-state index in [1.165, 1.54) is 19.3 Å². The van der Waals surface area contributed by atoms with Gasteiger partial charge in [0.2, 0.25) is 0 Å². The lowest BCUT2D eigenvalue weighted by molar-refractivity contribution is -0.00674. The van der Waals surface area contributed by atoms with E-state index in [1.54, 1.807) is 0 Å². The Morgan fingerprint density at radius 1 is 1.28 bits per heavy atom. The summed E-state index contributed by atoms with van der Waals surface area (Å²) in [5.41, 5.74) is -0.0379. The molecule has 1 saturated carbocycles. The maximum absolute atomic E-state index is 12.3. The van der Waals surface area contributed by atoms with E-state index < -0.39 is 5.60 Å². The van der Waals surface area contributed by atoms with E-state index in [2.05, 4.69) is 13.8 Å². The molecule has 1 amide bonds. The summed E-state index contributed by atoms with van der Waals surface area (Å²) in [6.45, 7) is 11.2. The van der Waals surface area contributed by atoms with Crippen molar-refractivity contribution >= 4 is 6.09 Å². The summed E-state index contributed by atoms with van der Waals surface area (Å²) < 4.78 is 5.57. The molecule has 2 aliphatic rings. The van der Waals surface area contributed by atoms with Gasteiger partial charge < -0.3 is 9.64 Å². The van der Waals surface area contributed by atoms with Crippen LogP contribution in [0.5, 0.6) is 0 Å². The molecule has 3 heteroatoms. The average Bonchev–Trinajstić information content (AvgIpc) is 2.94. The first kappa shape index (κ1) is 13.7. The van der Waals surface area contributed by atoms with E-state index in [0.29, 0.717) is 17.4 Å². The smallest absolute Gasteiger partial charge is 0.410 e. The standard InChI is InChI=1S/C15H27NO2/c1-11-6-7-12(15(5)8-9-15)16(10-11)13(17)18-14(2,3)4/h11-12H,6-10H2,1-5H3/t11-,12+/m0/s1. The average molecular weight is 253 g/mol. The molecule has 0 aromatic carbocycles. The van der Waals surface area contributed by atoms with Crippen molar-refractivity contribution in [1.29, 1.82) is 0 Å². The van der Waals surface area contributed by atoms with Crippen LogP contribution in [0.3, 0.4) is 0 Å². The van der Waals surface area contributed by atoms with E-state index in [4.69, 9.17) is 4.74 Å². The predicted octanol–water partition coefficient (Wildman–Crippen LogP) is 3.82. The van der Waals surface area contributed by atoms with Crippen molar-refractivity contribution in [2.45, 2.75) is 71.9 Å². The second-order valence-electron chi connectivity index (χ2n) is 7.49. The van der Waals surface area contributed by atoms with Crippen molar-refractivity contribution in [3.05, 3.63) is 0 Å². The fourth-order valence-corrected chi connectivity index (χ4v) is 2.93. The number of rotatable bonds is 1. The number of likely N-dealkylation sites (tertiary alicyclic amines) is 1. The van der Waals surface area contributed by atoms with Gasteiger partial charge >= 0.3 is 6.09 Å². The Morgan fingerprint density at radius 2 is 1.89 bits per heavy atom. The molecular weight excluding hydrogens is 226 g/mol. The molecular formula is C15H27NO2. The summed E-state index contributed by atoms with van der Waals surface area (Å²) in [6.07, 6.45) is 4.76. The Balaban J connectivity index is 2.08. The molecule has 0 bridgehead atoms. The number of carbonyl (C=O) groups is 1. The highest BCUT2D eigenvalue weighted by Crippen LogP contribution is 2.52.